The lowest BCUT2D eigenvalue weighted by molar-refractivity contribution is -0.161. The normalized spacial score (nSPS) is 15.1. The summed E-state index contributed by atoms with van der Waals surface area (Å²) >= 11 is 0.995. The molecule has 49 heteroatoms. The summed E-state index contributed by atoms with van der Waals surface area (Å²) in [5, 5.41) is 91.5. The first kappa shape index (κ1) is 107. The Morgan fingerprint density at radius 1 is 0.702 bits per heavy atom. The molecule has 0 spiro atoms. The number of hydrogen-bond donors (Lipinski definition) is 20. The van der Waals surface area contributed by atoms with Crippen LogP contribution in [0.25, 0.3) is 11.2 Å². The monoisotopic (exact) mass is 1890 g/mol. The van der Waals surface area contributed by atoms with Crippen molar-refractivity contribution in [3.8, 4) is 11.6 Å². The number of phenolic OH excluding ortho intramolecular Hbond substituents is 1. The average molecular weight is 1890 g/mol. The standard InChI is InChI=1S/C82H115N21O25S3/c1-10-43(6)65(97-74(118)58-15-11-12-27-102(58)9)77(120)103(40-127-64(111)30-41(2)3)59(42(4)5)35-60(128-45(8)104)76-96-56(38-129-76)73(117)90-49(32-46-16-22-51(105)23-17-46)31-44(7)68(112)100-101-82(125)126-28-29-130-131-39-57(79(123)124)95-72(116)55(34-63(109)110)94-70(114)52(14-13-26-86-80(83)84)92-71(115)54(33-62(107)108)91-61(106)25-24-53(78(121)122)93-69(113)47-18-20-48(21-19-47)87-36-50-37-88-67-66(89-50)75(119)99-81(85)98-67/h16-23,37-38,41-44,49,52-55,57-60,65,87,105H,10-15,24-36,39-40H2,1-9H3,(H,90,117)(H,91,106)(H,92,115)(H,93,113)(H,94,114)(H,95,116)(H,97,118)(H,100,112)(H,101,125)(H,107,108)(H,109,110)(H,121,122)(H,123,124)(H4,83,84,86)(H3,85,88,98,99,119)/t43-,44-,49+,52-,53-,54-,55-,57-,58+,59+,60+,65-/m0/s1. The summed E-state index contributed by atoms with van der Waals surface area (Å²) in [6, 6.07) is -0.689. The van der Waals surface area contributed by atoms with E-state index in [1.807, 2.05) is 53.5 Å². The van der Waals surface area contributed by atoms with Crippen LogP contribution < -0.4 is 70.2 Å². The zero-order valence-corrected chi connectivity index (χ0v) is 76.1. The summed E-state index contributed by atoms with van der Waals surface area (Å²) < 4.78 is 16.9. The second-order valence-electron chi connectivity index (χ2n) is 31.8. The zero-order chi connectivity index (χ0) is 96.9. The summed E-state index contributed by atoms with van der Waals surface area (Å²) in [5.41, 5.74) is 16.8. The number of aromatic nitrogens is 5. The van der Waals surface area contributed by atoms with E-state index >= 15 is 4.79 Å². The van der Waals surface area contributed by atoms with Gasteiger partial charge in [0.15, 0.2) is 30.0 Å². The third-order valence-electron chi connectivity index (χ3n) is 20.5. The number of nitrogens with zero attached hydrogens (tertiary/aromatic N) is 7. The topological polar surface area (TPSA) is 701 Å². The molecule has 0 radical (unpaired) electrons. The van der Waals surface area contributed by atoms with Crippen LogP contribution in [0.1, 0.15) is 182 Å². The summed E-state index contributed by atoms with van der Waals surface area (Å²) in [5.74, 6) is -19.4. The molecule has 2 aromatic carbocycles. The molecule has 6 rings (SSSR count). The van der Waals surface area contributed by atoms with Crippen LogP contribution in [0.3, 0.4) is 0 Å². The fourth-order valence-corrected chi connectivity index (χ4v) is 16.2. The Hall–Kier alpha value is -13.1. The molecule has 1 saturated heterocycles. The van der Waals surface area contributed by atoms with Gasteiger partial charge in [-0.3, -0.25) is 78.1 Å². The molecule has 3 aromatic heterocycles. The molecule has 131 heavy (non-hydrogen) atoms. The molecule has 0 aliphatic carbocycles. The van der Waals surface area contributed by atoms with Crippen molar-refractivity contribution in [2.75, 3.05) is 56.0 Å². The van der Waals surface area contributed by atoms with Gasteiger partial charge in [-0.1, -0.05) is 95.0 Å². The number of carboxylic acids is 4. The quantitative estimate of drug-likeness (QED) is 0.00388. The molecule has 1 fully saturated rings. The van der Waals surface area contributed by atoms with Gasteiger partial charge in [-0.05, 0) is 118 Å². The molecular weight excluding hydrogens is 1780 g/mol. The molecule has 12 atom stereocenters. The highest BCUT2D eigenvalue weighted by Crippen LogP contribution is 2.33. The molecule has 10 amide bonds. The number of esters is 2. The Balaban J connectivity index is 1.01. The molecule has 0 saturated carbocycles. The summed E-state index contributed by atoms with van der Waals surface area (Å²) in [6.45, 7) is 13.6. The number of thiazole rings is 1. The summed E-state index contributed by atoms with van der Waals surface area (Å²) in [6.07, 6.45) is -2.15. The maximum atomic E-state index is 15.1. The fraction of sp³-hybridized carbons (Fsp3) is 0.537. The van der Waals surface area contributed by atoms with Crippen molar-refractivity contribution >= 4 is 157 Å². The van der Waals surface area contributed by atoms with Gasteiger partial charge in [0.1, 0.15) is 59.3 Å². The molecule has 0 bridgehead atoms. The number of carboxylic acid groups (broad SMARTS) is 4. The number of aliphatic carboxylic acids is 4. The number of amides is 10. The molecule has 5 aromatic rings. The minimum Gasteiger partial charge on any atom is -0.508 e. The van der Waals surface area contributed by atoms with Crippen LogP contribution in [0.2, 0.25) is 0 Å². The number of aromatic hydroxyl groups is 2. The summed E-state index contributed by atoms with van der Waals surface area (Å²) in [4.78, 5) is 237. The van der Waals surface area contributed by atoms with E-state index in [4.69, 9.17) is 31.1 Å². The molecule has 1 aliphatic heterocycles. The minimum atomic E-state index is -2.05. The van der Waals surface area contributed by atoms with Crippen LogP contribution in [0, 0.1) is 29.1 Å². The van der Waals surface area contributed by atoms with Crippen molar-refractivity contribution in [1.29, 1.82) is 5.41 Å². The number of anilines is 2. The number of likely N-dealkylation sites (tertiary alicyclic amines) is 1. The van der Waals surface area contributed by atoms with Gasteiger partial charge in [-0.2, -0.15) is 9.97 Å². The Kier molecular flexibility index (Phi) is 43.3. The van der Waals surface area contributed by atoms with E-state index in [0.717, 1.165) is 45.8 Å². The maximum absolute atomic E-state index is 15.1. The van der Waals surface area contributed by atoms with Gasteiger partial charge < -0.3 is 109 Å². The van der Waals surface area contributed by atoms with Crippen molar-refractivity contribution in [3.63, 3.8) is 0 Å². The number of nitrogen functional groups attached to an aromatic ring is 1. The Morgan fingerprint density at radius 3 is 1.97 bits per heavy atom. The molecule has 716 valence electrons. The van der Waals surface area contributed by atoms with Crippen LogP contribution in [-0.2, 0) is 89.5 Å². The van der Waals surface area contributed by atoms with Crippen LogP contribution in [0.4, 0.5) is 16.4 Å². The minimum absolute atomic E-state index is 0.00218. The number of ether oxygens (including phenoxy) is 3. The van der Waals surface area contributed by atoms with E-state index in [-0.39, 0.29) is 120 Å². The lowest BCUT2D eigenvalue weighted by Crippen LogP contribution is -2.59. The number of piperidine rings is 1. The Labute approximate surface area is 765 Å². The Morgan fingerprint density at radius 2 is 1.35 bits per heavy atom. The lowest BCUT2D eigenvalue weighted by atomic mass is 9.92. The Bertz CT molecular complexity index is 4820. The van der Waals surface area contributed by atoms with E-state index in [9.17, 15) is 103 Å². The highest BCUT2D eigenvalue weighted by molar-refractivity contribution is 8.76. The maximum Gasteiger partial charge on any atom is 0.426 e. The number of likely N-dealkylation sites (N-methyl/N-ethyl adjacent to an activating group) is 1. The predicted octanol–water partition coefficient (Wildman–Crippen LogP) is 2.30. The van der Waals surface area contributed by atoms with Crippen molar-refractivity contribution in [2.45, 2.75) is 212 Å². The number of carbonyl (C=O) groups is 16. The van der Waals surface area contributed by atoms with Crippen molar-refractivity contribution in [3.05, 3.63) is 87.6 Å². The molecule has 4 heterocycles. The van der Waals surface area contributed by atoms with Gasteiger partial charge in [-0.25, -0.2) is 34.8 Å². The number of hydrogen-bond acceptors (Lipinski definition) is 33. The first-order valence-electron chi connectivity index (χ1n) is 41.9. The number of hydrazine groups is 1. The third-order valence-corrected chi connectivity index (χ3v) is 23.8. The third kappa shape index (κ3) is 36.4. The number of benzene rings is 2. The lowest BCUT2D eigenvalue weighted by Gasteiger charge is -2.39. The number of rotatable bonds is 53. The summed E-state index contributed by atoms with van der Waals surface area (Å²) in [7, 11) is 3.66. The highest BCUT2D eigenvalue weighted by atomic mass is 33.1. The van der Waals surface area contributed by atoms with E-state index in [1.165, 1.54) is 66.7 Å². The molecule has 22 N–H and O–H groups in total. The zero-order valence-electron chi connectivity index (χ0n) is 73.7. The average Bonchev–Trinajstić information content (AvgIpc) is 1.71. The van der Waals surface area contributed by atoms with Crippen LogP contribution >= 0.6 is 32.9 Å². The first-order valence-corrected chi connectivity index (χ1v) is 45.3. The van der Waals surface area contributed by atoms with Crippen LogP contribution in [0.15, 0.2) is 60.1 Å². The van der Waals surface area contributed by atoms with Crippen LogP contribution in [-0.4, -0.2) is 266 Å². The van der Waals surface area contributed by atoms with Crippen molar-refractivity contribution < 1.29 is 122 Å². The predicted molar refractivity (Wildman–Crippen MR) is 475 cm³/mol. The van der Waals surface area contributed by atoms with Gasteiger partial charge in [0.2, 0.25) is 53.2 Å². The largest absolute Gasteiger partial charge is 0.508 e. The number of guanidine groups is 1. The van der Waals surface area contributed by atoms with Crippen molar-refractivity contribution in [2.24, 2.45) is 29.4 Å². The van der Waals surface area contributed by atoms with Gasteiger partial charge in [0.05, 0.1) is 37.3 Å². The van der Waals surface area contributed by atoms with E-state index in [2.05, 4.69) is 83.6 Å². The number of fused-ring (bicyclic) bond motifs is 1. The second kappa shape index (κ2) is 53.2. The van der Waals surface area contributed by atoms with E-state index < -0.39 is 212 Å². The van der Waals surface area contributed by atoms with Gasteiger partial charge >= 0.3 is 41.9 Å². The highest BCUT2D eigenvalue weighted by Gasteiger charge is 2.41. The first-order chi connectivity index (χ1) is 62.0. The van der Waals surface area contributed by atoms with Gasteiger partial charge in [-0.15, -0.1) is 11.3 Å². The number of carbonyl (C=O) groups excluding carboxylic acids is 12. The molecule has 1 aliphatic rings. The second-order valence-corrected chi connectivity index (χ2v) is 35.3. The van der Waals surface area contributed by atoms with Crippen LogP contribution in [0.5, 0.6) is 11.6 Å². The van der Waals surface area contributed by atoms with E-state index in [0.29, 0.717) is 36.3 Å². The smallest absolute Gasteiger partial charge is 0.426 e. The van der Waals surface area contributed by atoms with Crippen molar-refractivity contribution in [1.82, 2.24) is 88.1 Å². The van der Waals surface area contributed by atoms with E-state index in [1.54, 1.807) is 12.1 Å². The van der Waals surface area contributed by atoms with Gasteiger partial charge in [0.25, 0.3) is 11.8 Å². The molecule has 46 nitrogen and oxygen atoms in total. The van der Waals surface area contributed by atoms with Gasteiger partial charge in [0, 0.05) is 78.9 Å². The number of phenols is 1. The number of nitrogens with one attached hydrogen (secondary N) is 12. The fourth-order valence-electron chi connectivity index (χ4n) is 13.4. The molecule has 0 unspecified atom stereocenters. The molecular formula is C82H115N21O25S3. The number of nitrogens with two attached hydrogens (primary N) is 2. The SMILES string of the molecule is CC[C@H](C)[C@H](NC(=O)[C@H]1CCCCN1C)C(=O)N(COC(=O)CC(C)C)[C@H](C[C@@H](OC(C)=O)c1nc(C(=O)N[C@@H](Cc2ccc(O)cc2)C[C@H](C)C(=O)NNC(=O)OCCSSC[C@H](NC(=O)[C@H](CC(=O)O)NC(=O)[C@H](CCCNC(=N)N)NC(=O)[C@H](CC(=O)O)NC(=O)CC[C@H](NC(=O)c2ccc(NCc3cnc4nc(N)nc(O)c4n3)cc2)C(=O)O)C(=O)O)cs1)C(C)C.